The van der Waals surface area contributed by atoms with Crippen LogP contribution in [0.3, 0.4) is 0 Å². The topological polar surface area (TPSA) is 59.7 Å². The summed E-state index contributed by atoms with van der Waals surface area (Å²) >= 11 is 8.76. The Balaban J connectivity index is 1.37. The van der Waals surface area contributed by atoms with Gasteiger partial charge in [0.2, 0.25) is 0 Å². The Morgan fingerprint density at radius 1 is 0.871 bits per heavy atom. The number of benzene rings is 2. The summed E-state index contributed by atoms with van der Waals surface area (Å²) < 4.78 is 31.6. The molecule has 2 aromatic heterocycles. The SMILES string of the molecule is Fc1ccccc1Cn1ccc(NC(=S)Nc2nn(Cc3ccccc3F)cc2Br)n1. The molecule has 0 amide bonds. The van der Waals surface area contributed by atoms with Gasteiger partial charge in [0, 0.05) is 29.6 Å². The zero-order valence-electron chi connectivity index (χ0n) is 16.1. The van der Waals surface area contributed by atoms with Gasteiger partial charge in [0.1, 0.15) is 11.6 Å². The molecule has 2 aromatic carbocycles. The van der Waals surface area contributed by atoms with Crippen molar-refractivity contribution >= 4 is 44.9 Å². The minimum absolute atomic E-state index is 0.277. The Kier molecular flexibility index (Phi) is 6.38. The number of rotatable bonds is 6. The van der Waals surface area contributed by atoms with Gasteiger partial charge in [-0.2, -0.15) is 10.2 Å². The number of anilines is 2. The van der Waals surface area contributed by atoms with Crippen LogP contribution in [-0.2, 0) is 13.1 Å². The first-order valence-corrected chi connectivity index (χ1v) is 10.5. The summed E-state index contributed by atoms with van der Waals surface area (Å²) in [5, 5.41) is 15.0. The maximum Gasteiger partial charge on any atom is 0.177 e. The predicted molar refractivity (Wildman–Crippen MR) is 123 cm³/mol. The zero-order chi connectivity index (χ0) is 21.8. The Morgan fingerprint density at radius 3 is 2.13 bits per heavy atom. The number of hydrogen-bond acceptors (Lipinski definition) is 3. The van der Waals surface area contributed by atoms with E-state index in [-0.39, 0.29) is 23.3 Å². The Morgan fingerprint density at radius 2 is 1.48 bits per heavy atom. The minimum atomic E-state index is -0.285. The van der Waals surface area contributed by atoms with Gasteiger partial charge in [-0.25, -0.2) is 8.78 Å². The van der Waals surface area contributed by atoms with Gasteiger partial charge in [-0.15, -0.1) is 0 Å². The second-order valence-corrected chi connectivity index (χ2v) is 7.95. The molecule has 0 bridgehead atoms. The molecule has 0 radical (unpaired) electrons. The lowest BCUT2D eigenvalue weighted by Crippen LogP contribution is -2.20. The van der Waals surface area contributed by atoms with E-state index in [9.17, 15) is 8.78 Å². The lowest BCUT2D eigenvalue weighted by atomic mass is 10.2. The first-order chi connectivity index (χ1) is 15.0. The van der Waals surface area contributed by atoms with Gasteiger partial charge in [0.25, 0.3) is 0 Å². The van der Waals surface area contributed by atoms with E-state index in [0.29, 0.717) is 33.8 Å². The van der Waals surface area contributed by atoms with Gasteiger partial charge in [-0.3, -0.25) is 9.36 Å². The largest absolute Gasteiger partial charge is 0.316 e. The van der Waals surface area contributed by atoms with Crippen molar-refractivity contribution < 1.29 is 8.78 Å². The number of thiocarbonyl (C=S) groups is 1. The highest BCUT2D eigenvalue weighted by atomic mass is 79.9. The molecule has 0 aliphatic heterocycles. The molecular formula is C21H17BrF2N6S. The molecule has 0 aliphatic rings. The van der Waals surface area contributed by atoms with Gasteiger partial charge in [-0.1, -0.05) is 36.4 Å². The van der Waals surface area contributed by atoms with Crippen LogP contribution < -0.4 is 10.6 Å². The standard InChI is InChI=1S/C21H17BrF2N6S/c22-16-13-30(12-15-6-2-4-8-18(15)24)28-20(16)26-21(31)25-19-9-10-29(27-19)11-14-5-1-3-7-17(14)23/h1-10,13H,11-12H2,(H2,25,26,27,28,31). The van der Waals surface area contributed by atoms with E-state index in [0.717, 1.165) is 0 Å². The van der Waals surface area contributed by atoms with E-state index in [1.807, 2.05) is 0 Å². The molecule has 10 heteroatoms. The first kappa shape index (κ1) is 21.1. The molecule has 4 aromatic rings. The van der Waals surface area contributed by atoms with Crippen molar-refractivity contribution in [1.82, 2.24) is 19.6 Å². The van der Waals surface area contributed by atoms with E-state index in [4.69, 9.17) is 12.2 Å². The third kappa shape index (κ3) is 5.33. The lowest BCUT2D eigenvalue weighted by Gasteiger charge is -2.07. The summed E-state index contributed by atoms with van der Waals surface area (Å²) in [6.45, 7) is 0.591. The monoisotopic (exact) mass is 502 g/mol. The van der Waals surface area contributed by atoms with Gasteiger partial charge >= 0.3 is 0 Å². The van der Waals surface area contributed by atoms with Crippen LogP contribution >= 0.6 is 28.1 Å². The van der Waals surface area contributed by atoms with Crippen LogP contribution in [-0.4, -0.2) is 24.7 Å². The summed E-state index contributed by atoms with van der Waals surface area (Å²) in [5.41, 5.74) is 1.08. The summed E-state index contributed by atoms with van der Waals surface area (Å²) in [7, 11) is 0. The summed E-state index contributed by atoms with van der Waals surface area (Å²) in [6.07, 6.45) is 3.47. The molecule has 0 unspecified atom stereocenters. The van der Waals surface area contributed by atoms with E-state index >= 15 is 0 Å². The number of nitrogens with zero attached hydrogens (tertiary/aromatic N) is 4. The average Bonchev–Trinajstić information content (AvgIpc) is 3.31. The lowest BCUT2D eigenvalue weighted by molar-refractivity contribution is 0.585. The van der Waals surface area contributed by atoms with E-state index in [1.54, 1.807) is 64.2 Å². The molecule has 6 nitrogen and oxygen atoms in total. The maximum absolute atomic E-state index is 13.9. The molecule has 0 saturated carbocycles. The van der Waals surface area contributed by atoms with Crippen LogP contribution in [0.4, 0.5) is 20.4 Å². The molecule has 0 saturated heterocycles. The number of aromatic nitrogens is 4. The molecule has 2 heterocycles. The Bertz CT molecular complexity index is 1220. The van der Waals surface area contributed by atoms with E-state index < -0.39 is 0 Å². The second kappa shape index (κ2) is 9.36. The van der Waals surface area contributed by atoms with Crippen LogP contribution in [0.25, 0.3) is 0 Å². The van der Waals surface area contributed by atoms with Crippen molar-refractivity contribution in [2.75, 3.05) is 10.6 Å². The highest BCUT2D eigenvalue weighted by Gasteiger charge is 2.11. The Hall–Kier alpha value is -3.11. The highest BCUT2D eigenvalue weighted by molar-refractivity contribution is 9.10. The number of hydrogen-bond donors (Lipinski definition) is 2. The normalized spacial score (nSPS) is 10.8. The first-order valence-electron chi connectivity index (χ1n) is 9.29. The summed E-state index contributed by atoms with van der Waals surface area (Å²) in [5.74, 6) is 0.433. The van der Waals surface area contributed by atoms with Crippen molar-refractivity contribution in [3.05, 3.63) is 94.2 Å². The molecule has 0 spiro atoms. The quantitative estimate of drug-likeness (QED) is 0.362. The van der Waals surface area contributed by atoms with Gasteiger partial charge < -0.3 is 10.6 Å². The van der Waals surface area contributed by atoms with Crippen molar-refractivity contribution in [3.63, 3.8) is 0 Å². The molecule has 0 aliphatic carbocycles. The van der Waals surface area contributed by atoms with Crippen LogP contribution in [0.1, 0.15) is 11.1 Å². The second-order valence-electron chi connectivity index (χ2n) is 6.68. The fourth-order valence-electron chi connectivity index (χ4n) is 2.94. The molecule has 2 N–H and O–H groups in total. The zero-order valence-corrected chi connectivity index (χ0v) is 18.5. The van der Waals surface area contributed by atoms with Crippen LogP contribution in [0.2, 0.25) is 0 Å². The molecule has 0 fully saturated rings. The molecule has 0 atom stereocenters. The molecule has 158 valence electrons. The third-order valence-electron chi connectivity index (χ3n) is 4.41. The van der Waals surface area contributed by atoms with Gasteiger partial charge in [-0.05, 0) is 40.3 Å². The van der Waals surface area contributed by atoms with E-state index in [2.05, 4.69) is 36.8 Å². The predicted octanol–water partition coefficient (Wildman–Crippen LogP) is 5.03. The Labute approximate surface area is 191 Å². The smallest absolute Gasteiger partial charge is 0.177 e. The highest BCUT2D eigenvalue weighted by Crippen LogP contribution is 2.21. The van der Waals surface area contributed by atoms with Crippen LogP contribution in [0.15, 0.2) is 71.5 Å². The summed E-state index contributed by atoms with van der Waals surface area (Å²) in [6, 6.07) is 14.8. The van der Waals surface area contributed by atoms with Crippen molar-refractivity contribution in [1.29, 1.82) is 0 Å². The van der Waals surface area contributed by atoms with E-state index in [1.165, 1.54) is 12.1 Å². The fraction of sp³-hybridized carbons (Fsp3) is 0.0952. The number of nitrogens with one attached hydrogen (secondary N) is 2. The summed E-state index contributed by atoms with van der Waals surface area (Å²) in [4.78, 5) is 0. The molecule has 31 heavy (non-hydrogen) atoms. The molecular weight excluding hydrogens is 486 g/mol. The fourth-order valence-corrected chi connectivity index (χ4v) is 3.55. The average molecular weight is 503 g/mol. The van der Waals surface area contributed by atoms with Gasteiger partial charge in [0.15, 0.2) is 16.7 Å². The van der Waals surface area contributed by atoms with Crippen molar-refractivity contribution in [2.45, 2.75) is 13.1 Å². The molecule has 4 rings (SSSR count). The van der Waals surface area contributed by atoms with Crippen LogP contribution in [0.5, 0.6) is 0 Å². The van der Waals surface area contributed by atoms with Crippen LogP contribution in [0, 0.1) is 11.6 Å². The third-order valence-corrected chi connectivity index (χ3v) is 5.20. The van der Waals surface area contributed by atoms with Crippen molar-refractivity contribution in [2.24, 2.45) is 0 Å². The van der Waals surface area contributed by atoms with Crippen molar-refractivity contribution in [3.8, 4) is 0 Å². The number of halogens is 3. The van der Waals surface area contributed by atoms with Gasteiger partial charge in [0.05, 0.1) is 17.6 Å². The minimum Gasteiger partial charge on any atom is -0.316 e. The maximum atomic E-state index is 13.9.